The molecular formula is C9H8FN3O2. The summed E-state index contributed by atoms with van der Waals surface area (Å²) in [5.74, 6) is -0.364. The van der Waals surface area contributed by atoms with Crippen LogP contribution in [0.2, 0.25) is 0 Å². The number of anilines is 1. The maximum atomic E-state index is 11.8. The number of hydrogen-bond acceptors (Lipinski definition) is 4. The molecule has 0 spiro atoms. The van der Waals surface area contributed by atoms with Gasteiger partial charge in [0.25, 0.3) is 5.91 Å². The fraction of sp³-hybridized carbons (Fsp3) is 0.222. The Morgan fingerprint density at radius 2 is 2.47 bits per heavy atom. The number of fused-ring (bicyclic) bond motifs is 1. The maximum absolute atomic E-state index is 11.8. The van der Waals surface area contributed by atoms with Crippen molar-refractivity contribution < 1.29 is 14.0 Å². The Kier molecular flexibility index (Phi) is 2.57. The summed E-state index contributed by atoms with van der Waals surface area (Å²) in [6, 6.07) is 1.64. The molecule has 0 bridgehead atoms. The predicted octanol–water partition coefficient (Wildman–Crippen LogP) is 0.724. The van der Waals surface area contributed by atoms with Gasteiger partial charge in [0.1, 0.15) is 13.3 Å². The number of nitrogens with zero attached hydrogens (tertiary/aromatic N) is 2. The molecule has 0 atom stereocenters. The summed E-state index contributed by atoms with van der Waals surface area (Å²) in [6.45, 7) is -0.793. The molecule has 1 aliphatic heterocycles. The molecule has 0 saturated carbocycles. The van der Waals surface area contributed by atoms with Crippen LogP contribution < -0.4 is 5.32 Å². The van der Waals surface area contributed by atoms with Crippen molar-refractivity contribution in [1.82, 2.24) is 4.98 Å². The topological polar surface area (TPSA) is 63.6 Å². The first-order valence-electron chi connectivity index (χ1n) is 4.34. The van der Waals surface area contributed by atoms with Crippen molar-refractivity contribution in [2.75, 3.05) is 18.6 Å². The molecule has 2 rings (SSSR count). The van der Waals surface area contributed by atoms with Crippen LogP contribution >= 0.6 is 0 Å². The van der Waals surface area contributed by atoms with Gasteiger partial charge in [0, 0.05) is 11.8 Å². The van der Waals surface area contributed by atoms with E-state index in [1.54, 1.807) is 12.3 Å². The second-order valence-electron chi connectivity index (χ2n) is 2.84. The molecule has 1 amide bonds. The van der Waals surface area contributed by atoms with E-state index in [-0.39, 0.29) is 18.2 Å². The molecule has 0 aliphatic carbocycles. The monoisotopic (exact) mass is 209 g/mol. The Balaban J connectivity index is 2.26. The van der Waals surface area contributed by atoms with Crippen molar-refractivity contribution in [3.05, 3.63) is 24.0 Å². The third kappa shape index (κ3) is 1.78. The van der Waals surface area contributed by atoms with Gasteiger partial charge in [0.15, 0.2) is 5.71 Å². The lowest BCUT2D eigenvalue weighted by Crippen LogP contribution is -2.15. The standard InChI is InChI=1S/C9H8FN3O2/c10-2-4-15-13-8-6-1-3-11-5-7(6)12-9(8)14/h1,3,5H,2,4H2,(H,12,13,14). The summed E-state index contributed by atoms with van der Waals surface area (Å²) in [5, 5.41) is 6.14. The van der Waals surface area contributed by atoms with Crippen LogP contribution in [0.15, 0.2) is 23.6 Å². The molecule has 0 aromatic carbocycles. The van der Waals surface area contributed by atoms with Crippen molar-refractivity contribution in [1.29, 1.82) is 0 Å². The van der Waals surface area contributed by atoms with Gasteiger partial charge in [-0.25, -0.2) is 4.39 Å². The zero-order valence-electron chi connectivity index (χ0n) is 7.74. The van der Waals surface area contributed by atoms with Gasteiger partial charge in [-0.3, -0.25) is 9.78 Å². The number of carbonyl (C=O) groups is 1. The van der Waals surface area contributed by atoms with Crippen LogP contribution in [0.3, 0.4) is 0 Å². The van der Waals surface area contributed by atoms with Crippen molar-refractivity contribution in [3.8, 4) is 0 Å². The number of pyridine rings is 1. The largest absolute Gasteiger partial charge is 0.392 e. The van der Waals surface area contributed by atoms with Crippen LogP contribution in [0.5, 0.6) is 0 Å². The Morgan fingerprint density at radius 1 is 1.60 bits per heavy atom. The third-order valence-corrected chi connectivity index (χ3v) is 1.86. The first kappa shape index (κ1) is 9.57. The predicted molar refractivity (Wildman–Crippen MR) is 51.3 cm³/mol. The average Bonchev–Trinajstić information content (AvgIpc) is 2.56. The van der Waals surface area contributed by atoms with E-state index in [1.165, 1.54) is 6.20 Å². The van der Waals surface area contributed by atoms with Crippen molar-refractivity contribution in [2.24, 2.45) is 5.16 Å². The molecule has 1 aromatic heterocycles. The Hall–Kier alpha value is -1.98. The zero-order valence-corrected chi connectivity index (χ0v) is 7.74. The number of carbonyl (C=O) groups excluding carboxylic acids is 1. The van der Waals surface area contributed by atoms with E-state index >= 15 is 0 Å². The zero-order chi connectivity index (χ0) is 10.7. The molecule has 1 aromatic rings. The second kappa shape index (κ2) is 4.04. The van der Waals surface area contributed by atoms with Gasteiger partial charge < -0.3 is 10.2 Å². The fourth-order valence-electron chi connectivity index (χ4n) is 1.24. The highest BCUT2D eigenvalue weighted by atomic mass is 19.1. The first-order valence-corrected chi connectivity index (χ1v) is 4.34. The minimum Gasteiger partial charge on any atom is -0.392 e. The molecule has 0 fully saturated rings. The van der Waals surface area contributed by atoms with Gasteiger partial charge >= 0.3 is 0 Å². The molecule has 6 heteroatoms. The molecule has 0 unspecified atom stereocenters. The molecule has 1 N–H and O–H groups in total. The molecule has 1 aliphatic rings. The number of alkyl halides is 1. The number of nitrogens with one attached hydrogen (secondary N) is 1. The van der Waals surface area contributed by atoms with Crippen LogP contribution in [0.4, 0.5) is 10.1 Å². The van der Waals surface area contributed by atoms with Crippen LogP contribution in [0.25, 0.3) is 0 Å². The molecule has 0 radical (unpaired) electrons. The summed E-state index contributed by atoms with van der Waals surface area (Å²) in [5.41, 5.74) is 1.36. The maximum Gasteiger partial charge on any atom is 0.278 e. The molecule has 0 saturated heterocycles. The number of aromatic nitrogens is 1. The number of rotatable bonds is 3. The van der Waals surface area contributed by atoms with Crippen LogP contribution in [0.1, 0.15) is 5.56 Å². The Bertz CT molecular complexity index is 420. The smallest absolute Gasteiger partial charge is 0.278 e. The Labute approximate surface area is 84.9 Å². The Morgan fingerprint density at radius 3 is 3.27 bits per heavy atom. The van der Waals surface area contributed by atoms with Gasteiger partial charge in [-0.1, -0.05) is 5.16 Å². The van der Waals surface area contributed by atoms with Gasteiger partial charge in [0.2, 0.25) is 0 Å². The highest BCUT2D eigenvalue weighted by Gasteiger charge is 2.26. The van der Waals surface area contributed by atoms with E-state index in [0.717, 1.165) is 0 Å². The lowest BCUT2D eigenvalue weighted by molar-refractivity contribution is -0.110. The van der Waals surface area contributed by atoms with E-state index in [2.05, 4.69) is 20.3 Å². The minimum absolute atomic E-state index is 0.154. The van der Waals surface area contributed by atoms with Gasteiger partial charge in [0.05, 0.1) is 11.9 Å². The summed E-state index contributed by atoms with van der Waals surface area (Å²) >= 11 is 0. The molecule has 2 heterocycles. The normalized spacial score (nSPS) is 16.3. The molecule has 15 heavy (non-hydrogen) atoms. The molecule has 5 nitrogen and oxygen atoms in total. The lowest BCUT2D eigenvalue weighted by Gasteiger charge is -1.96. The van der Waals surface area contributed by atoms with E-state index in [4.69, 9.17) is 0 Å². The first-order chi connectivity index (χ1) is 7.33. The quantitative estimate of drug-likeness (QED) is 0.589. The van der Waals surface area contributed by atoms with Crippen LogP contribution in [0, 0.1) is 0 Å². The average molecular weight is 209 g/mol. The third-order valence-electron chi connectivity index (χ3n) is 1.86. The SMILES string of the molecule is O=C1Nc2cnccc2C1=NOCCF. The van der Waals surface area contributed by atoms with Crippen molar-refractivity contribution in [3.63, 3.8) is 0 Å². The van der Waals surface area contributed by atoms with Crippen LogP contribution in [-0.4, -0.2) is 29.9 Å². The summed E-state index contributed by atoms with van der Waals surface area (Å²) in [6.07, 6.45) is 3.06. The van der Waals surface area contributed by atoms with E-state index in [0.29, 0.717) is 11.3 Å². The van der Waals surface area contributed by atoms with Gasteiger partial charge in [-0.15, -0.1) is 0 Å². The van der Waals surface area contributed by atoms with Crippen molar-refractivity contribution >= 4 is 17.3 Å². The highest BCUT2D eigenvalue weighted by molar-refractivity contribution is 6.53. The summed E-state index contributed by atoms with van der Waals surface area (Å²) in [4.78, 5) is 19.9. The van der Waals surface area contributed by atoms with E-state index in [1.807, 2.05) is 0 Å². The number of oxime groups is 1. The van der Waals surface area contributed by atoms with E-state index in [9.17, 15) is 9.18 Å². The fourth-order valence-corrected chi connectivity index (χ4v) is 1.24. The van der Waals surface area contributed by atoms with Crippen molar-refractivity contribution in [2.45, 2.75) is 0 Å². The molecule has 78 valence electrons. The van der Waals surface area contributed by atoms with Gasteiger partial charge in [-0.2, -0.15) is 0 Å². The number of halogens is 1. The number of hydrogen-bond donors (Lipinski definition) is 1. The minimum atomic E-state index is -0.637. The number of amides is 1. The molecular weight excluding hydrogens is 201 g/mol. The second-order valence-corrected chi connectivity index (χ2v) is 2.84. The highest BCUT2D eigenvalue weighted by Crippen LogP contribution is 2.21. The van der Waals surface area contributed by atoms with Gasteiger partial charge in [-0.05, 0) is 6.07 Å². The lowest BCUT2D eigenvalue weighted by atomic mass is 10.2. The summed E-state index contributed by atoms with van der Waals surface area (Å²) in [7, 11) is 0. The van der Waals surface area contributed by atoms with Crippen LogP contribution in [-0.2, 0) is 9.63 Å². The van der Waals surface area contributed by atoms with E-state index < -0.39 is 6.67 Å². The summed E-state index contributed by atoms with van der Waals surface area (Å²) < 4.78 is 11.8.